The highest BCUT2D eigenvalue weighted by Gasteiger charge is 2.29. The summed E-state index contributed by atoms with van der Waals surface area (Å²) in [6.45, 7) is 2.03. The van der Waals surface area contributed by atoms with Crippen LogP contribution in [0.2, 0.25) is 0 Å². The number of carbonyl (C=O) groups is 1. The van der Waals surface area contributed by atoms with Crippen LogP contribution in [0.25, 0.3) is 0 Å². The van der Waals surface area contributed by atoms with Crippen LogP contribution in [0.5, 0.6) is 17.2 Å². The van der Waals surface area contributed by atoms with Gasteiger partial charge in [-0.15, -0.1) is 0 Å². The van der Waals surface area contributed by atoms with Gasteiger partial charge in [0, 0.05) is 18.3 Å². The molecule has 1 heterocycles. The van der Waals surface area contributed by atoms with E-state index in [1.807, 2.05) is 43.3 Å². The number of methoxy groups -OCH3 is 3. The first-order valence-electron chi connectivity index (χ1n) is 10.0. The summed E-state index contributed by atoms with van der Waals surface area (Å²) in [7, 11) is 4.73. The van der Waals surface area contributed by atoms with Gasteiger partial charge < -0.3 is 19.5 Å². The number of nitrogens with one attached hydrogen (secondary N) is 1. The molecule has 0 aliphatic heterocycles. The molecule has 7 heteroatoms. The average molecular weight is 419 g/mol. The number of aromatic nitrogens is 2. The molecule has 1 atom stereocenters. The second-order valence-electron chi connectivity index (χ2n) is 7.54. The first kappa shape index (κ1) is 20.7. The zero-order valence-electron chi connectivity index (χ0n) is 18.1. The molecule has 0 saturated heterocycles. The Labute approximate surface area is 181 Å². The van der Waals surface area contributed by atoms with E-state index < -0.39 is 0 Å². The van der Waals surface area contributed by atoms with Gasteiger partial charge in [-0.1, -0.05) is 12.1 Å². The number of ketones is 1. The number of aryl methyl sites for hydroxylation is 1. The van der Waals surface area contributed by atoms with Crippen LogP contribution < -0.4 is 19.5 Å². The van der Waals surface area contributed by atoms with E-state index in [0.29, 0.717) is 41.6 Å². The Bertz CT molecular complexity index is 1100. The summed E-state index contributed by atoms with van der Waals surface area (Å²) in [6.07, 6.45) is 2.61. The molecule has 1 N–H and O–H groups in total. The molecular formula is C24H25N3O4. The largest absolute Gasteiger partial charge is 0.493 e. The van der Waals surface area contributed by atoms with Crippen molar-refractivity contribution in [1.29, 1.82) is 0 Å². The molecule has 1 aliphatic rings. The average Bonchev–Trinajstić information content (AvgIpc) is 2.77. The molecule has 0 radical (unpaired) electrons. The van der Waals surface area contributed by atoms with Crippen LogP contribution in [0.4, 0.5) is 11.6 Å². The number of fused-ring (bicyclic) bond motifs is 1. The van der Waals surface area contributed by atoms with Crippen LogP contribution in [-0.4, -0.2) is 37.1 Å². The maximum absolute atomic E-state index is 12.8. The second kappa shape index (κ2) is 8.63. The van der Waals surface area contributed by atoms with Crippen molar-refractivity contribution in [3.8, 4) is 17.2 Å². The van der Waals surface area contributed by atoms with Crippen molar-refractivity contribution in [2.24, 2.45) is 0 Å². The molecule has 0 bridgehead atoms. The van der Waals surface area contributed by atoms with Crippen molar-refractivity contribution in [2.75, 3.05) is 26.6 Å². The van der Waals surface area contributed by atoms with Crippen LogP contribution in [0.15, 0.2) is 42.6 Å². The quantitative estimate of drug-likeness (QED) is 0.631. The van der Waals surface area contributed by atoms with Crippen LogP contribution in [0, 0.1) is 6.92 Å². The first-order valence-corrected chi connectivity index (χ1v) is 10.0. The van der Waals surface area contributed by atoms with E-state index in [9.17, 15) is 4.79 Å². The number of hydrogen-bond donors (Lipinski definition) is 1. The zero-order valence-corrected chi connectivity index (χ0v) is 18.1. The van der Waals surface area contributed by atoms with E-state index in [1.165, 1.54) is 0 Å². The molecule has 31 heavy (non-hydrogen) atoms. The van der Waals surface area contributed by atoms with Crippen molar-refractivity contribution in [1.82, 2.24) is 9.97 Å². The van der Waals surface area contributed by atoms with Crippen molar-refractivity contribution < 1.29 is 19.0 Å². The third kappa shape index (κ3) is 4.17. The summed E-state index contributed by atoms with van der Waals surface area (Å²) >= 11 is 0. The summed E-state index contributed by atoms with van der Waals surface area (Å²) in [6, 6.07) is 11.8. The van der Waals surface area contributed by atoms with Gasteiger partial charge in [0.1, 0.15) is 0 Å². The number of ether oxygens (including phenoxy) is 3. The number of rotatable bonds is 6. The van der Waals surface area contributed by atoms with Gasteiger partial charge in [-0.05, 0) is 54.7 Å². The van der Waals surface area contributed by atoms with Crippen molar-refractivity contribution in [3.63, 3.8) is 0 Å². The van der Waals surface area contributed by atoms with E-state index in [2.05, 4.69) is 15.3 Å². The Balaban J connectivity index is 1.65. The van der Waals surface area contributed by atoms with Gasteiger partial charge in [-0.25, -0.2) is 9.97 Å². The van der Waals surface area contributed by atoms with Crippen molar-refractivity contribution in [3.05, 3.63) is 65.0 Å². The lowest BCUT2D eigenvalue weighted by Crippen LogP contribution is -2.21. The predicted molar refractivity (Wildman–Crippen MR) is 118 cm³/mol. The highest BCUT2D eigenvalue weighted by Crippen LogP contribution is 2.42. The van der Waals surface area contributed by atoms with Crippen molar-refractivity contribution in [2.45, 2.75) is 25.7 Å². The van der Waals surface area contributed by atoms with Crippen LogP contribution >= 0.6 is 0 Å². The van der Waals surface area contributed by atoms with Gasteiger partial charge in [0.25, 0.3) is 0 Å². The lowest BCUT2D eigenvalue weighted by Gasteiger charge is -2.25. The summed E-state index contributed by atoms with van der Waals surface area (Å²) in [4.78, 5) is 21.8. The van der Waals surface area contributed by atoms with Gasteiger partial charge in [-0.3, -0.25) is 4.79 Å². The van der Waals surface area contributed by atoms with E-state index in [1.54, 1.807) is 27.5 Å². The number of hydrogen-bond acceptors (Lipinski definition) is 7. The molecule has 0 amide bonds. The molecule has 1 aromatic heterocycles. The lowest BCUT2D eigenvalue weighted by atomic mass is 9.82. The van der Waals surface area contributed by atoms with Gasteiger partial charge in [0.15, 0.2) is 17.3 Å². The van der Waals surface area contributed by atoms with E-state index >= 15 is 0 Å². The van der Waals surface area contributed by atoms with Gasteiger partial charge >= 0.3 is 0 Å². The summed E-state index contributed by atoms with van der Waals surface area (Å²) in [5, 5.41) is 3.23. The molecule has 0 fully saturated rings. The third-order valence-corrected chi connectivity index (χ3v) is 5.47. The van der Waals surface area contributed by atoms with Crippen LogP contribution in [0.3, 0.4) is 0 Å². The molecular weight excluding hydrogens is 394 g/mol. The molecule has 0 spiro atoms. The Kier molecular flexibility index (Phi) is 5.75. The fourth-order valence-corrected chi connectivity index (χ4v) is 3.93. The van der Waals surface area contributed by atoms with Gasteiger partial charge in [0.2, 0.25) is 11.7 Å². The normalized spacial score (nSPS) is 15.2. The number of Topliss-reactive ketones (excluding diaryl/α,β-unsaturated/α-hetero) is 1. The Hall–Kier alpha value is -3.61. The van der Waals surface area contributed by atoms with Crippen molar-refractivity contribution >= 4 is 17.4 Å². The van der Waals surface area contributed by atoms with Gasteiger partial charge in [0.05, 0.1) is 32.6 Å². The van der Waals surface area contributed by atoms with E-state index in [4.69, 9.17) is 14.2 Å². The molecule has 1 aliphatic carbocycles. The first-order chi connectivity index (χ1) is 15.0. The standard InChI is InChI=1S/C24H25N3O4/c1-14-6-5-7-17(8-14)26-24-25-13-18-19(27-24)9-15(10-20(18)28)16-11-21(29-2)23(31-4)22(12-16)30-3/h5-8,11-13,15H,9-10H2,1-4H3,(H,25,26,27)/t15-/m0/s1. The fraction of sp³-hybridized carbons (Fsp3) is 0.292. The predicted octanol–water partition coefficient (Wildman–Crippen LogP) is 4.47. The number of carbonyl (C=O) groups excluding carboxylic acids is 1. The monoisotopic (exact) mass is 419 g/mol. The molecule has 7 nitrogen and oxygen atoms in total. The minimum absolute atomic E-state index is 0.0297. The smallest absolute Gasteiger partial charge is 0.227 e. The number of anilines is 2. The van der Waals surface area contributed by atoms with Crippen LogP contribution in [-0.2, 0) is 6.42 Å². The highest BCUT2D eigenvalue weighted by atomic mass is 16.5. The molecule has 160 valence electrons. The summed E-state index contributed by atoms with van der Waals surface area (Å²) in [5.74, 6) is 2.13. The number of nitrogens with zero attached hydrogens (tertiary/aromatic N) is 2. The molecule has 2 aromatic carbocycles. The second-order valence-corrected chi connectivity index (χ2v) is 7.54. The summed E-state index contributed by atoms with van der Waals surface area (Å²) in [5.41, 5.74) is 4.31. The molecule has 0 unspecified atom stereocenters. The fourth-order valence-electron chi connectivity index (χ4n) is 3.93. The lowest BCUT2D eigenvalue weighted by molar-refractivity contribution is 0.0962. The molecule has 0 saturated carbocycles. The minimum Gasteiger partial charge on any atom is -0.493 e. The molecule has 3 aromatic rings. The van der Waals surface area contributed by atoms with Gasteiger partial charge in [-0.2, -0.15) is 0 Å². The third-order valence-electron chi connectivity index (χ3n) is 5.47. The van der Waals surface area contributed by atoms with E-state index in [0.717, 1.165) is 22.5 Å². The Morgan fingerprint density at radius 2 is 1.74 bits per heavy atom. The SMILES string of the molecule is COc1cc([C@@H]2CC(=O)c3cnc(Nc4cccc(C)c4)nc3C2)cc(OC)c1OC. The Morgan fingerprint density at radius 1 is 1.00 bits per heavy atom. The van der Waals surface area contributed by atoms with Crippen LogP contribution in [0.1, 0.15) is 39.5 Å². The highest BCUT2D eigenvalue weighted by molar-refractivity contribution is 5.98. The number of benzene rings is 2. The van der Waals surface area contributed by atoms with E-state index in [-0.39, 0.29) is 11.7 Å². The maximum atomic E-state index is 12.8. The molecule has 4 rings (SSSR count). The minimum atomic E-state index is -0.0459. The zero-order chi connectivity index (χ0) is 22.0. The maximum Gasteiger partial charge on any atom is 0.227 e. The summed E-state index contributed by atoms with van der Waals surface area (Å²) < 4.78 is 16.4. The Morgan fingerprint density at radius 3 is 2.39 bits per heavy atom. The topological polar surface area (TPSA) is 82.6 Å².